The van der Waals surface area contributed by atoms with E-state index in [0.717, 1.165) is 24.3 Å². The number of hydrogen-bond donors (Lipinski definition) is 1. The molecular weight excluding hydrogens is 217 g/mol. The van der Waals surface area contributed by atoms with Gasteiger partial charge in [0.25, 0.3) is 0 Å². The summed E-state index contributed by atoms with van der Waals surface area (Å²) in [6.45, 7) is 5.01. The number of para-hydroxylation sites is 1. The molecule has 2 aromatic rings. The number of hydrogen-bond acceptors (Lipinski definition) is 2. The Labute approximate surface area is 101 Å². The van der Waals surface area contributed by atoms with Crippen molar-refractivity contribution >= 4 is 11.0 Å². The quantitative estimate of drug-likeness (QED) is 0.883. The molecule has 0 fully saturated rings. The van der Waals surface area contributed by atoms with Crippen molar-refractivity contribution < 1.29 is 4.39 Å². The summed E-state index contributed by atoms with van der Waals surface area (Å²) in [5, 5.41) is 3.15. The molecule has 0 radical (unpaired) electrons. The van der Waals surface area contributed by atoms with E-state index in [1.54, 1.807) is 6.07 Å². The third kappa shape index (κ3) is 2.05. The van der Waals surface area contributed by atoms with Gasteiger partial charge >= 0.3 is 0 Å². The van der Waals surface area contributed by atoms with Gasteiger partial charge in [-0.2, -0.15) is 0 Å². The summed E-state index contributed by atoms with van der Waals surface area (Å²) in [5.74, 6) is 0.649. The van der Waals surface area contributed by atoms with E-state index in [1.165, 1.54) is 6.07 Å². The number of nitrogens with one attached hydrogen (secondary N) is 1. The normalized spacial score (nSPS) is 13.2. The molecule has 1 atom stereocenters. The third-order valence-corrected chi connectivity index (χ3v) is 3.03. The van der Waals surface area contributed by atoms with Crippen LogP contribution in [0.25, 0.3) is 11.0 Å². The monoisotopic (exact) mass is 235 g/mol. The molecule has 1 heterocycles. The zero-order valence-corrected chi connectivity index (χ0v) is 10.5. The summed E-state index contributed by atoms with van der Waals surface area (Å²) in [5.41, 5.74) is 1.35. The number of rotatable bonds is 4. The van der Waals surface area contributed by atoms with Crippen LogP contribution in [0.1, 0.15) is 32.1 Å². The minimum absolute atomic E-state index is 0.119. The van der Waals surface area contributed by atoms with Gasteiger partial charge < -0.3 is 9.88 Å². The molecule has 1 aromatic carbocycles. The van der Waals surface area contributed by atoms with Gasteiger partial charge in [0.15, 0.2) is 5.82 Å². The van der Waals surface area contributed by atoms with Crippen molar-refractivity contribution in [1.29, 1.82) is 0 Å². The van der Waals surface area contributed by atoms with E-state index in [2.05, 4.69) is 21.8 Å². The maximum Gasteiger partial charge on any atom is 0.151 e. The Morgan fingerprint density at radius 3 is 2.88 bits per heavy atom. The first-order valence-corrected chi connectivity index (χ1v) is 6.01. The Morgan fingerprint density at radius 2 is 2.24 bits per heavy atom. The van der Waals surface area contributed by atoms with Crippen molar-refractivity contribution in [3.05, 3.63) is 29.8 Å². The molecule has 92 valence electrons. The van der Waals surface area contributed by atoms with E-state index in [9.17, 15) is 4.39 Å². The molecule has 0 aliphatic heterocycles. The summed E-state index contributed by atoms with van der Waals surface area (Å²) < 4.78 is 15.8. The Bertz CT molecular complexity index is 519. The van der Waals surface area contributed by atoms with Crippen LogP contribution in [0.5, 0.6) is 0 Å². The van der Waals surface area contributed by atoms with Gasteiger partial charge in [0, 0.05) is 6.54 Å². The van der Waals surface area contributed by atoms with Gasteiger partial charge in [-0.3, -0.25) is 0 Å². The number of halogens is 1. The fraction of sp³-hybridized carbons (Fsp3) is 0.462. The highest BCUT2D eigenvalue weighted by molar-refractivity contribution is 5.76. The minimum atomic E-state index is -0.248. The van der Waals surface area contributed by atoms with Crippen molar-refractivity contribution in [1.82, 2.24) is 14.9 Å². The molecule has 1 unspecified atom stereocenters. The zero-order valence-electron chi connectivity index (χ0n) is 10.5. The summed E-state index contributed by atoms with van der Waals surface area (Å²) in [7, 11) is 1.89. The molecule has 0 bridgehead atoms. The van der Waals surface area contributed by atoms with Crippen molar-refractivity contribution in [3.63, 3.8) is 0 Å². The van der Waals surface area contributed by atoms with Crippen LogP contribution in [0.4, 0.5) is 4.39 Å². The predicted molar refractivity (Wildman–Crippen MR) is 67.5 cm³/mol. The molecular formula is C13H18FN3. The first-order valence-electron chi connectivity index (χ1n) is 6.01. The number of aryl methyl sites for hydroxylation is 1. The Hall–Kier alpha value is -1.42. The zero-order chi connectivity index (χ0) is 12.4. The number of aromatic nitrogens is 2. The second-order valence-corrected chi connectivity index (χ2v) is 4.24. The summed E-state index contributed by atoms with van der Waals surface area (Å²) >= 11 is 0. The van der Waals surface area contributed by atoms with E-state index < -0.39 is 0 Å². The van der Waals surface area contributed by atoms with Gasteiger partial charge in [0.1, 0.15) is 11.3 Å². The summed E-state index contributed by atoms with van der Waals surface area (Å²) in [6.07, 6.45) is 1.01. The van der Waals surface area contributed by atoms with Crippen LogP contribution in [0.2, 0.25) is 0 Å². The van der Waals surface area contributed by atoms with E-state index >= 15 is 0 Å². The highest BCUT2D eigenvalue weighted by Crippen LogP contribution is 2.23. The number of imidazole rings is 1. The number of fused-ring (bicyclic) bond motifs is 1. The molecule has 0 saturated carbocycles. The Morgan fingerprint density at radius 1 is 1.47 bits per heavy atom. The third-order valence-electron chi connectivity index (χ3n) is 3.03. The lowest BCUT2D eigenvalue weighted by Gasteiger charge is -2.13. The van der Waals surface area contributed by atoms with Gasteiger partial charge in [-0.15, -0.1) is 0 Å². The van der Waals surface area contributed by atoms with Crippen LogP contribution in [0.15, 0.2) is 18.2 Å². The Balaban J connectivity index is 2.65. The fourth-order valence-electron chi connectivity index (χ4n) is 2.05. The van der Waals surface area contributed by atoms with Crippen LogP contribution >= 0.6 is 0 Å². The summed E-state index contributed by atoms with van der Waals surface area (Å²) in [6, 6.07) is 5.24. The van der Waals surface area contributed by atoms with Crippen LogP contribution < -0.4 is 5.32 Å². The van der Waals surface area contributed by atoms with Crippen molar-refractivity contribution in [2.24, 2.45) is 0 Å². The first-order chi connectivity index (χ1) is 8.19. The van der Waals surface area contributed by atoms with E-state index in [1.807, 2.05) is 20.0 Å². The van der Waals surface area contributed by atoms with Crippen molar-refractivity contribution in [3.8, 4) is 0 Å². The standard InChI is InChI=1S/C13H18FN3/c1-4-8-17-11-7-5-6-10(14)12(11)16-13(17)9(2)15-3/h5-7,9,15H,4,8H2,1-3H3. The average Bonchev–Trinajstić information content (AvgIpc) is 2.70. The lowest BCUT2D eigenvalue weighted by molar-refractivity contribution is 0.554. The summed E-state index contributed by atoms with van der Waals surface area (Å²) in [4.78, 5) is 4.43. The average molecular weight is 235 g/mol. The van der Waals surface area contributed by atoms with Gasteiger partial charge in [-0.05, 0) is 32.5 Å². The van der Waals surface area contributed by atoms with E-state index in [4.69, 9.17) is 0 Å². The molecule has 0 amide bonds. The topological polar surface area (TPSA) is 29.9 Å². The number of benzene rings is 1. The van der Waals surface area contributed by atoms with Crippen LogP contribution in [-0.2, 0) is 6.54 Å². The molecule has 0 saturated heterocycles. The molecule has 2 rings (SSSR count). The van der Waals surface area contributed by atoms with Gasteiger partial charge in [0.05, 0.1) is 11.6 Å². The van der Waals surface area contributed by atoms with Gasteiger partial charge in [-0.25, -0.2) is 9.37 Å². The van der Waals surface area contributed by atoms with Crippen LogP contribution in [0.3, 0.4) is 0 Å². The molecule has 1 aromatic heterocycles. The SMILES string of the molecule is CCCn1c(C(C)NC)nc2c(F)cccc21. The van der Waals surface area contributed by atoms with Gasteiger partial charge in [-0.1, -0.05) is 13.0 Å². The molecule has 0 aliphatic carbocycles. The highest BCUT2D eigenvalue weighted by Gasteiger charge is 2.16. The molecule has 1 N–H and O–H groups in total. The number of nitrogens with zero attached hydrogens (tertiary/aromatic N) is 2. The van der Waals surface area contributed by atoms with Crippen LogP contribution in [-0.4, -0.2) is 16.6 Å². The maximum atomic E-state index is 13.7. The second kappa shape index (κ2) is 4.84. The largest absolute Gasteiger partial charge is 0.327 e. The van der Waals surface area contributed by atoms with E-state index in [-0.39, 0.29) is 11.9 Å². The molecule has 4 heteroatoms. The lowest BCUT2D eigenvalue weighted by atomic mass is 10.3. The van der Waals surface area contributed by atoms with Crippen molar-refractivity contribution in [2.75, 3.05) is 7.05 Å². The predicted octanol–water partition coefficient (Wildman–Crippen LogP) is 2.87. The molecule has 3 nitrogen and oxygen atoms in total. The fourth-order valence-corrected chi connectivity index (χ4v) is 2.05. The lowest BCUT2D eigenvalue weighted by Crippen LogP contribution is -2.17. The smallest absolute Gasteiger partial charge is 0.151 e. The Kier molecular flexibility index (Phi) is 3.43. The molecule has 0 aliphatic rings. The second-order valence-electron chi connectivity index (χ2n) is 4.24. The van der Waals surface area contributed by atoms with Crippen molar-refractivity contribution in [2.45, 2.75) is 32.9 Å². The van der Waals surface area contributed by atoms with E-state index in [0.29, 0.717) is 5.52 Å². The highest BCUT2D eigenvalue weighted by atomic mass is 19.1. The van der Waals surface area contributed by atoms with Crippen LogP contribution in [0, 0.1) is 5.82 Å². The molecule has 0 spiro atoms. The maximum absolute atomic E-state index is 13.7. The van der Waals surface area contributed by atoms with Gasteiger partial charge in [0.2, 0.25) is 0 Å². The molecule has 17 heavy (non-hydrogen) atoms. The minimum Gasteiger partial charge on any atom is -0.327 e. The first kappa shape index (κ1) is 12.0.